The number of amides is 1. The Morgan fingerprint density at radius 2 is 1.95 bits per heavy atom. The van der Waals surface area contributed by atoms with Gasteiger partial charge in [0.2, 0.25) is 15.9 Å². The second-order valence-electron chi connectivity index (χ2n) is 5.02. The first kappa shape index (κ1) is 16.5. The fourth-order valence-electron chi connectivity index (χ4n) is 2.33. The molecule has 0 aromatic heterocycles. The molecule has 21 heavy (non-hydrogen) atoms. The summed E-state index contributed by atoms with van der Waals surface area (Å²) < 4.78 is 27.2. The van der Waals surface area contributed by atoms with Gasteiger partial charge in [-0.25, -0.2) is 13.1 Å². The number of benzene rings is 1. The van der Waals surface area contributed by atoms with Crippen LogP contribution in [-0.2, 0) is 14.8 Å². The van der Waals surface area contributed by atoms with E-state index in [0.29, 0.717) is 19.5 Å². The van der Waals surface area contributed by atoms with Gasteiger partial charge in [0.25, 0.3) is 0 Å². The molecule has 116 valence electrons. The van der Waals surface area contributed by atoms with E-state index in [4.69, 9.17) is 23.2 Å². The fourth-order valence-corrected chi connectivity index (χ4v) is 4.71. The fraction of sp³-hybridized carbons (Fsp3) is 0.462. The number of sulfonamides is 1. The highest BCUT2D eigenvalue weighted by Gasteiger charge is 2.26. The first-order chi connectivity index (χ1) is 9.81. The van der Waals surface area contributed by atoms with Crippen LogP contribution in [0, 0.1) is 0 Å². The van der Waals surface area contributed by atoms with Crippen LogP contribution in [0.4, 0.5) is 0 Å². The van der Waals surface area contributed by atoms with Gasteiger partial charge in [0.1, 0.15) is 4.90 Å². The molecule has 5 nitrogen and oxygen atoms in total. The number of hydrogen-bond donors (Lipinski definition) is 1. The van der Waals surface area contributed by atoms with Crippen LogP contribution < -0.4 is 4.72 Å². The standard InChI is InChI=1S/C13H16Cl2N2O3S/c1-9(8-17-7-3-6-12(17)18)16-21(19,20)13-10(14)4-2-5-11(13)15/h2,4-5,9,16H,3,6-8H2,1H3/t9-/m0/s1. The Kier molecular flexibility index (Phi) is 5.14. The van der Waals surface area contributed by atoms with E-state index in [9.17, 15) is 13.2 Å². The molecule has 1 saturated heterocycles. The van der Waals surface area contributed by atoms with Crippen molar-refractivity contribution in [3.63, 3.8) is 0 Å². The lowest BCUT2D eigenvalue weighted by Crippen LogP contribution is -2.42. The number of likely N-dealkylation sites (tertiary alicyclic amines) is 1. The van der Waals surface area contributed by atoms with Crippen LogP contribution >= 0.6 is 23.2 Å². The molecule has 1 atom stereocenters. The van der Waals surface area contributed by atoms with Crippen molar-refractivity contribution in [3.05, 3.63) is 28.2 Å². The summed E-state index contributed by atoms with van der Waals surface area (Å²) >= 11 is 11.8. The second-order valence-corrected chi connectivity index (χ2v) is 7.48. The van der Waals surface area contributed by atoms with E-state index in [2.05, 4.69) is 4.72 Å². The molecule has 1 fully saturated rings. The van der Waals surface area contributed by atoms with E-state index in [1.54, 1.807) is 17.9 Å². The van der Waals surface area contributed by atoms with Gasteiger partial charge >= 0.3 is 0 Å². The van der Waals surface area contributed by atoms with Gasteiger partial charge in [-0.2, -0.15) is 0 Å². The number of carbonyl (C=O) groups excluding carboxylic acids is 1. The number of hydrogen-bond acceptors (Lipinski definition) is 3. The molecule has 1 aromatic rings. The summed E-state index contributed by atoms with van der Waals surface area (Å²) in [7, 11) is -3.83. The maximum Gasteiger partial charge on any atom is 0.243 e. The maximum absolute atomic E-state index is 12.4. The van der Waals surface area contributed by atoms with Crippen molar-refractivity contribution < 1.29 is 13.2 Å². The second kappa shape index (κ2) is 6.52. The zero-order valence-corrected chi connectivity index (χ0v) is 13.8. The molecule has 1 aliphatic rings. The molecule has 1 N–H and O–H groups in total. The van der Waals surface area contributed by atoms with Crippen LogP contribution in [0.5, 0.6) is 0 Å². The Morgan fingerprint density at radius 1 is 1.33 bits per heavy atom. The molecule has 1 aromatic carbocycles. The van der Waals surface area contributed by atoms with Gasteiger partial charge in [0.15, 0.2) is 0 Å². The van der Waals surface area contributed by atoms with E-state index < -0.39 is 16.1 Å². The summed E-state index contributed by atoms with van der Waals surface area (Å²) in [6.45, 7) is 2.70. The zero-order chi connectivity index (χ0) is 15.6. The zero-order valence-electron chi connectivity index (χ0n) is 11.5. The van der Waals surface area contributed by atoms with Crippen LogP contribution in [0.2, 0.25) is 10.0 Å². The van der Waals surface area contributed by atoms with Crippen LogP contribution in [0.1, 0.15) is 19.8 Å². The lowest BCUT2D eigenvalue weighted by atomic mass is 10.3. The van der Waals surface area contributed by atoms with Crippen molar-refractivity contribution in [2.45, 2.75) is 30.7 Å². The van der Waals surface area contributed by atoms with Gasteiger partial charge in [-0.1, -0.05) is 29.3 Å². The van der Waals surface area contributed by atoms with Gasteiger partial charge in [-0.15, -0.1) is 0 Å². The van der Waals surface area contributed by atoms with Crippen molar-refractivity contribution >= 4 is 39.1 Å². The molecule has 8 heteroatoms. The maximum atomic E-state index is 12.4. The van der Waals surface area contributed by atoms with Crippen LogP contribution in [-0.4, -0.2) is 38.4 Å². The molecular formula is C13H16Cl2N2O3S. The third kappa shape index (κ3) is 3.88. The summed E-state index contributed by atoms with van der Waals surface area (Å²) in [6, 6.07) is 4.09. The van der Waals surface area contributed by atoms with Crippen LogP contribution in [0.15, 0.2) is 23.1 Å². The molecule has 1 heterocycles. The quantitative estimate of drug-likeness (QED) is 0.885. The summed E-state index contributed by atoms with van der Waals surface area (Å²) in [5, 5.41) is 0.138. The summed E-state index contributed by atoms with van der Waals surface area (Å²) in [5.74, 6) is 0.0526. The predicted octanol–water partition coefficient (Wildman–Crippen LogP) is 2.28. The van der Waals surface area contributed by atoms with E-state index in [1.165, 1.54) is 12.1 Å². The first-order valence-corrected chi connectivity index (χ1v) is 8.79. The normalized spacial score (nSPS) is 17.3. The Labute approximate surface area is 134 Å². The lowest BCUT2D eigenvalue weighted by Gasteiger charge is -2.22. The third-order valence-electron chi connectivity index (χ3n) is 3.21. The minimum atomic E-state index is -3.83. The highest BCUT2D eigenvalue weighted by atomic mass is 35.5. The summed E-state index contributed by atoms with van der Waals surface area (Å²) in [5.41, 5.74) is 0. The molecule has 0 aliphatic carbocycles. The Hall–Kier alpha value is -0.820. The predicted molar refractivity (Wildman–Crippen MR) is 82.1 cm³/mol. The van der Waals surface area contributed by atoms with E-state index in [-0.39, 0.29) is 20.8 Å². The van der Waals surface area contributed by atoms with E-state index >= 15 is 0 Å². The van der Waals surface area contributed by atoms with Crippen molar-refractivity contribution in [3.8, 4) is 0 Å². The van der Waals surface area contributed by atoms with Gasteiger partial charge in [0.05, 0.1) is 10.0 Å². The van der Waals surface area contributed by atoms with Crippen molar-refractivity contribution in [2.24, 2.45) is 0 Å². The third-order valence-corrected chi connectivity index (χ3v) is 5.75. The Balaban J connectivity index is 2.12. The smallest absolute Gasteiger partial charge is 0.243 e. The Bertz CT molecular complexity index is 629. The topological polar surface area (TPSA) is 66.5 Å². The van der Waals surface area contributed by atoms with Gasteiger partial charge < -0.3 is 4.90 Å². The number of nitrogens with zero attached hydrogens (tertiary/aromatic N) is 1. The monoisotopic (exact) mass is 350 g/mol. The highest BCUT2D eigenvalue weighted by Crippen LogP contribution is 2.28. The molecule has 0 bridgehead atoms. The molecule has 0 radical (unpaired) electrons. The SMILES string of the molecule is C[C@@H](CN1CCCC1=O)NS(=O)(=O)c1c(Cl)cccc1Cl. The minimum absolute atomic E-state index is 0.0526. The summed E-state index contributed by atoms with van der Waals surface area (Å²) in [6.07, 6.45) is 1.34. The van der Waals surface area contributed by atoms with Gasteiger partial charge in [-0.05, 0) is 25.5 Å². The molecule has 2 rings (SSSR count). The highest BCUT2D eigenvalue weighted by molar-refractivity contribution is 7.89. The van der Waals surface area contributed by atoms with Crippen molar-refractivity contribution in [1.82, 2.24) is 9.62 Å². The molecular weight excluding hydrogens is 335 g/mol. The number of carbonyl (C=O) groups is 1. The van der Waals surface area contributed by atoms with E-state index in [0.717, 1.165) is 6.42 Å². The van der Waals surface area contributed by atoms with Gasteiger partial charge in [0, 0.05) is 25.6 Å². The molecule has 1 amide bonds. The number of rotatable bonds is 5. The molecule has 1 aliphatic heterocycles. The molecule has 0 saturated carbocycles. The number of nitrogens with one attached hydrogen (secondary N) is 1. The minimum Gasteiger partial charge on any atom is -0.341 e. The van der Waals surface area contributed by atoms with Crippen molar-refractivity contribution in [1.29, 1.82) is 0 Å². The number of halogens is 2. The average Bonchev–Trinajstić information content (AvgIpc) is 2.73. The van der Waals surface area contributed by atoms with Crippen LogP contribution in [0.3, 0.4) is 0 Å². The van der Waals surface area contributed by atoms with E-state index in [1.807, 2.05) is 0 Å². The molecule has 0 spiro atoms. The lowest BCUT2D eigenvalue weighted by molar-refractivity contribution is -0.127. The molecule has 0 unspecified atom stereocenters. The average molecular weight is 351 g/mol. The summed E-state index contributed by atoms with van der Waals surface area (Å²) in [4.78, 5) is 13.1. The van der Waals surface area contributed by atoms with Crippen LogP contribution in [0.25, 0.3) is 0 Å². The van der Waals surface area contributed by atoms with Gasteiger partial charge in [-0.3, -0.25) is 4.79 Å². The van der Waals surface area contributed by atoms with Crippen molar-refractivity contribution in [2.75, 3.05) is 13.1 Å². The Morgan fingerprint density at radius 3 is 2.48 bits per heavy atom. The first-order valence-electron chi connectivity index (χ1n) is 6.55. The largest absolute Gasteiger partial charge is 0.341 e.